The number of sulfonamides is 1. The fourth-order valence-corrected chi connectivity index (χ4v) is 3.97. The molecule has 0 heterocycles. The van der Waals surface area contributed by atoms with Crippen LogP contribution in [0.5, 0.6) is 5.75 Å². The standard InChI is InChI=1S/C26H27F3N2O5S.ClH/c1-37(34,35)31-25(33)22-12-11-21(15-24(22)36-17-26(27,28)29)19-9-7-18(8-10-19)13-14-30-16-23(32)20-5-3-2-4-6-20;/h2-12,15,23,30,32H,13-14,16-17H2,1H3,(H,31,33);1H/t23-;/m1./s1. The monoisotopic (exact) mass is 572 g/mol. The van der Waals surface area contributed by atoms with Crippen LogP contribution in [0.4, 0.5) is 13.2 Å². The Hall–Kier alpha value is -3.12. The lowest BCUT2D eigenvalue weighted by Gasteiger charge is -2.15. The molecule has 0 radical (unpaired) electrons. The van der Waals surface area contributed by atoms with Gasteiger partial charge in [0.05, 0.1) is 17.9 Å². The number of hydrogen-bond acceptors (Lipinski definition) is 6. The fourth-order valence-electron chi connectivity index (χ4n) is 3.52. The molecule has 0 bridgehead atoms. The summed E-state index contributed by atoms with van der Waals surface area (Å²) >= 11 is 0. The van der Waals surface area contributed by atoms with Gasteiger partial charge in [0.1, 0.15) is 5.75 Å². The highest BCUT2D eigenvalue weighted by Crippen LogP contribution is 2.29. The third-order valence-electron chi connectivity index (χ3n) is 5.30. The number of nitrogens with one attached hydrogen (secondary N) is 2. The number of carbonyl (C=O) groups is 1. The zero-order valence-electron chi connectivity index (χ0n) is 20.4. The van der Waals surface area contributed by atoms with Gasteiger partial charge in [-0.2, -0.15) is 13.2 Å². The second kappa shape index (κ2) is 13.6. The van der Waals surface area contributed by atoms with Crippen LogP contribution in [0, 0.1) is 0 Å². The van der Waals surface area contributed by atoms with E-state index in [1.807, 2.05) is 42.5 Å². The molecular weight excluding hydrogens is 545 g/mol. The number of halogens is 4. The minimum atomic E-state index is -4.65. The summed E-state index contributed by atoms with van der Waals surface area (Å²) in [7, 11) is -3.92. The first-order valence-corrected chi connectivity index (χ1v) is 13.2. The lowest BCUT2D eigenvalue weighted by Crippen LogP contribution is -2.30. The van der Waals surface area contributed by atoms with E-state index in [4.69, 9.17) is 4.74 Å². The number of hydrogen-bond donors (Lipinski definition) is 3. The summed E-state index contributed by atoms with van der Waals surface area (Å²) in [6.07, 6.45) is -3.81. The van der Waals surface area contributed by atoms with Gasteiger partial charge in [-0.1, -0.05) is 60.7 Å². The first-order valence-electron chi connectivity index (χ1n) is 11.3. The number of aliphatic hydroxyl groups is 1. The van der Waals surface area contributed by atoms with Gasteiger partial charge in [-0.05, 0) is 47.4 Å². The smallest absolute Gasteiger partial charge is 0.422 e. The van der Waals surface area contributed by atoms with E-state index in [0.717, 1.165) is 17.4 Å². The summed E-state index contributed by atoms with van der Waals surface area (Å²) in [5.74, 6) is -1.48. The normalized spacial score (nSPS) is 12.3. The van der Waals surface area contributed by atoms with Crippen molar-refractivity contribution in [2.75, 3.05) is 26.0 Å². The Labute approximate surface area is 225 Å². The van der Waals surface area contributed by atoms with Crippen molar-refractivity contribution >= 4 is 28.3 Å². The van der Waals surface area contributed by atoms with Gasteiger partial charge in [-0.3, -0.25) is 4.79 Å². The van der Waals surface area contributed by atoms with Gasteiger partial charge >= 0.3 is 6.18 Å². The van der Waals surface area contributed by atoms with Crippen LogP contribution in [-0.2, 0) is 16.4 Å². The summed E-state index contributed by atoms with van der Waals surface area (Å²) in [6, 6.07) is 20.6. The Bertz CT molecular complexity index is 1300. The molecule has 38 heavy (non-hydrogen) atoms. The van der Waals surface area contributed by atoms with E-state index >= 15 is 0 Å². The molecule has 0 aliphatic carbocycles. The highest BCUT2D eigenvalue weighted by atomic mass is 35.5. The quantitative estimate of drug-likeness (QED) is 0.296. The van der Waals surface area contributed by atoms with Crippen molar-refractivity contribution in [3.63, 3.8) is 0 Å². The second-order valence-electron chi connectivity index (χ2n) is 8.40. The van der Waals surface area contributed by atoms with Crippen LogP contribution in [0.2, 0.25) is 0 Å². The second-order valence-corrected chi connectivity index (χ2v) is 10.1. The number of benzene rings is 3. The summed E-state index contributed by atoms with van der Waals surface area (Å²) < 4.78 is 67.5. The highest BCUT2D eigenvalue weighted by Gasteiger charge is 2.29. The Morgan fingerprint density at radius 3 is 2.24 bits per heavy atom. The van der Waals surface area contributed by atoms with Gasteiger partial charge in [-0.25, -0.2) is 13.1 Å². The van der Waals surface area contributed by atoms with Gasteiger partial charge in [0.2, 0.25) is 10.0 Å². The number of ether oxygens (including phenoxy) is 1. The predicted molar refractivity (Wildman–Crippen MR) is 141 cm³/mol. The van der Waals surface area contributed by atoms with Gasteiger partial charge in [0.15, 0.2) is 6.61 Å². The zero-order chi connectivity index (χ0) is 27.1. The Morgan fingerprint density at radius 2 is 1.63 bits per heavy atom. The third kappa shape index (κ3) is 9.97. The molecule has 0 fully saturated rings. The zero-order valence-corrected chi connectivity index (χ0v) is 22.0. The largest absolute Gasteiger partial charge is 0.483 e. The topological polar surface area (TPSA) is 105 Å². The summed E-state index contributed by atoms with van der Waals surface area (Å²) in [4.78, 5) is 12.3. The summed E-state index contributed by atoms with van der Waals surface area (Å²) in [5.41, 5.74) is 2.66. The molecule has 0 spiro atoms. The average Bonchev–Trinajstić information content (AvgIpc) is 2.84. The first kappa shape index (κ1) is 31.1. The number of alkyl halides is 3. The van der Waals surface area contributed by atoms with E-state index in [9.17, 15) is 31.5 Å². The molecule has 12 heteroatoms. The minimum absolute atomic E-state index is 0. The number of rotatable bonds is 11. The summed E-state index contributed by atoms with van der Waals surface area (Å²) in [5, 5.41) is 13.4. The van der Waals surface area contributed by atoms with Crippen LogP contribution in [-0.4, -0.2) is 51.6 Å². The van der Waals surface area contributed by atoms with E-state index in [2.05, 4.69) is 5.32 Å². The molecule has 3 aromatic rings. The molecule has 0 aromatic heterocycles. The van der Waals surface area contributed by atoms with Crippen molar-refractivity contribution in [3.8, 4) is 16.9 Å². The molecule has 0 unspecified atom stereocenters. The van der Waals surface area contributed by atoms with Crippen LogP contribution in [0.15, 0.2) is 72.8 Å². The molecule has 0 saturated heterocycles. The minimum Gasteiger partial charge on any atom is -0.483 e. The number of carbonyl (C=O) groups excluding carboxylic acids is 1. The van der Waals surface area contributed by atoms with Gasteiger partial charge < -0.3 is 15.2 Å². The lowest BCUT2D eigenvalue weighted by atomic mass is 10.0. The van der Waals surface area contributed by atoms with Gasteiger partial charge in [-0.15, -0.1) is 12.4 Å². The summed E-state index contributed by atoms with van der Waals surface area (Å²) in [6.45, 7) is -0.606. The molecule has 0 saturated carbocycles. The van der Waals surface area contributed by atoms with Crippen LogP contribution in [0.3, 0.4) is 0 Å². The molecule has 0 aliphatic rings. The molecule has 7 nitrogen and oxygen atoms in total. The van der Waals surface area contributed by atoms with Crippen LogP contribution >= 0.6 is 12.4 Å². The number of amides is 1. The van der Waals surface area contributed by atoms with Crippen molar-refractivity contribution in [2.45, 2.75) is 18.7 Å². The van der Waals surface area contributed by atoms with Crippen molar-refractivity contribution in [2.24, 2.45) is 0 Å². The predicted octanol–water partition coefficient (Wildman–Crippen LogP) is 4.27. The first-order chi connectivity index (χ1) is 17.4. The lowest BCUT2D eigenvalue weighted by molar-refractivity contribution is -0.153. The SMILES string of the molecule is CS(=O)(=O)NC(=O)c1ccc(-c2ccc(CCNC[C@@H](O)c3ccccc3)cc2)cc1OCC(F)(F)F.Cl. The van der Waals surface area contributed by atoms with Crippen molar-refractivity contribution in [1.29, 1.82) is 0 Å². The Morgan fingerprint density at radius 1 is 1.00 bits per heavy atom. The molecular formula is C26H28ClF3N2O5S. The maximum atomic E-state index is 12.7. The molecule has 1 amide bonds. The maximum Gasteiger partial charge on any atom is 0.422 e. The molecule has 3 aromatic carbocycles. The maximum absolute atomic E-state index is 12.7. The number of aliphatic hydroxyl groups excluding tert-OH is 1. The van der Waals surface area contributed by atoms with Gasteiger partial charge in [0.25, 0.3) is 5.91 Å². The van der Waals surface area contributed by atoms with Crippen LogP contribution in [0.1, 0.15) is 27.6 Å². The van der Waals surface area contributed by atoms with E-state index < -0.39 is 34.8 Å². The van der Waals surface area contributed by atoms with Crippen molar-refractivity contribution in [1.82, 2.24) is 10.0 Å². The Balaban J connectivity index is 0.00000507. The average molecular weight is 573 g/mol. The molecule has 206 valence electrons. The van der Waals surface area contributed by atoms with Gasteiger partial charge in [0, 0.05) is 6.54 Å². The van der Waals surface area contributed by atoms with E-state index in [1.165, 1.54) is 18.2 Å². The molecule has 3 N–H and O–H groups in total. The molecule has 3 rings (SSSR count). The fraction of sp³-hybridized carbons (Fsp3) is 0.269. The van der Waals surface area contributed by atoms with Crippen LogP contribution < -0.4 is 14.8 Å². The highest BCUT2D eigenvalue weighted by molar-refractivity contribution is 7.89. The molecule has 0 aliphatic heterocycles. The van der Waals surface area contributed by atoms with E-state index in [-0.39, 0.29) is 23.7 Å². The van der Waals surface area contributed by atoms with Crippen molar-refractivity contribution < 1.29 is 36.2 Å². The van der Waals surface area contributed by atoms with Crippen molar-refractivity contribution in [3.05, 3.63) is 89.5 Å². The third-order valence-corrected chi connectivity index (χ3v) is 5.85. The van der Waals surface area contributed by atoms with E-state index in [0.29, 0.717) is 30.6 Å². The molecule has 1 atom stereocenters. The van der Waals surface area contributed by atoms with E-state index in [1.54, 1.807) is 16.9 Å². The van der Waals surface area contributed by atoms with Crippen LogP contribution in [0.25, 0.3) is 11.1 Å². The Kier molecular flexibility index (Phi) is 11.1.